The van der Waals surface area contributed by atoms with Crippen LogP contribution in [0.5, 0.6) is 5.75 Å². The van der Waals surface area contributed by atoms with Crippen molar-refractivity contribution in [2.45, 2.75) is 27.2 Å². The van der Waals surface area contributed by atoms with Gasteiger partial charge >= 0.3 is 0 Å². The minimum atomic E-state index is 0.250. The van der Waals surface area contributed by atoms with Gasteiger partial charge in [0.2, 0.25) is 0 Å². The van der Waals surface area contributed by atoms with Gasteiger partial charge in [0.15, 0.2) is 0 Å². The number of nitriles is 1. The summed E-state index contributed by atoms with van der Waals surface area (Å²) in [4.78, 5) is 4.52. The molecular formula is C23H23N3O. The highest BCUT2D eigenvalue weighted by Gasteiger charge is 2.18. The summed E-state index contributed by atoms with van der Waals surface area (Å²) >= 11 is 0. The predicted octanol–water partition coefficient (Wildman–Crippen LogP) is 5.28. The first-order chi connectivity index (χ1) is 13.0. The second-order valence-electron chi connectivity index (χ2n) is 6.57. The SMILES string of the molecule is CCCOc1ccc(-c2c(C)c(-c3ccc(C)cc3)nc(N)c2C#N)cc1. The topological polar surface area (TPSA) is 71.9 Å². The van der Waals surface area contributed by atoms with E-state index in [2.05, 4.69) is 18.0 Å². The molecule has 0 aliphatic heterocycles. The number of anilines is 1. The molecule has 0 aliphatic rings. The minimum Gasteiger partial charge on any atom is -0.494 e. The van der Waals surface area contributed by atoms with E-state index in [0.717, 1.165) is 40.1 Å². The fourth-order valence-electron chi connectivity index (χ4n) is 3.10. The number of aromatic nitrogens is 1. The van der Waals surface area contributed by atoms with E-state index >= 15 is 0 Å². The molecule has 0 saturated heterocycles. The summed E-state index contributed by atoms with van der Waals surface area (Å²) in [5.41, 5.74) is 12.2. The third-order valence-corrected chi connectivity index (χ3v) is 4.52. The first kappa shape index (κ1) is 18.5. The quantitative estimate of drug-likeness (QED) is 0.675. The molecule has 27 heavy (non-hydrogen) atoms. The molecule has 1 aromatic heterocycles. The van der Waals surface area contributed by atoms with Gasteiger partial charge in [-0.05, 0) is 43.5 Å². The van der Waals surface area contributed by atoms with E-state index in [-0.39, 0.29) is 5.82 Å². The number of ether oxygens (including phenoxy) is 1. The number of nitrogen functional groups attached to an aromatic ring is 1. The average molecular weight is 357 g/mol. The van der Waals surface area contributed by atoms with Gasteiger partial charge in [0.05, 0.1) is 12.3 Å². The number of nitrogens with two attached hydrogens (primary N) is 1. The smallest absolute Gasteiger partial charge is 0.142 e. The maximum Gasteiger partial charge on any atom is 0.142 e. The van der Waals surface area contributed by atoms with Crippen LogP contribution in [0.15, 0.2) is 48.5 Å². The van der Waals surface area contributed by atoms with Crippen molar-refractivity contribution in [1.29, 1.82) is 5.26 Å². The van der Waals surface area contributed by atoms with Crippen molar-refractivity contribution in [3.05, 3.63) is 65.2 Å². The Hall–Kier alpha value is -3.32. The lowest BCUT2D eigenvalue weighted by molar-refractivity contribution is 0.317. The van der Waals surface area contributed by atoms with Crippen LogP contribution in [0, 0.1) is 25.2 Å². The lowest BCUT2D eigenvalue weighted by Crippen LogP contribution is -2.03. The highest BCUT2D eigenvalue weighted by Crippen LogP contribution is 2.36. The lowest BCUT2D eigenvalue weighted by Gasteiger charge is -2.15. The molecule has 2 N–H and O–H groups in total. The Balaban J connectivity index is 2.13. The molecule has 0 aliphatic carbocycles. The summed E-state index contributed by atoms with van der Waals surface area (Å²) in [7, 11) is 0. The van der Waals surface area contributed by atoms with E-state index in [0.29, 0.717) is 12.2 Å². The Morgan fingerprint density at radius 1 is 1.00 bits per heavy atom. The Morgan fingerprint density at radius 3 is 2.22 bits per heavy atom. The molecule has 0 bridgehead atoms. The van der Waals surface area contributed by atoms with Crippen molar-refractivity contribution >= 4 is 5.82 Å². The van der Waals surface area contributed by atoms with Crippen molar-refractivity contribution < 1.29 is 4.74 Å². The predicted molar refractivity (Wildman–Crippen MR) is 109 cm³/mol. The van der Waals surface area contributed by atoms with Crippen molar-refractivity contribution in [2.75, 3.05) is 12.3 Å². The maximum atomic E-state index is 9.66. The van der Waals surface area contributed by atoms with E-state index in [1.165, 1.54) is 5.56 Å². The first-order valence-electron chi connectivity index (χ1n) is 9.05. The number of benzene rings is 2. The number of rotatable bonds is 5. The van der Waals surface area contributed by atoms with Crippen molar-refractivity contribution in [3.8, 4) is 34.2 Å². The van der Waals surface area contributed by atoms with E-state index < -0.39 is 0 Å². The van der Waals surface area contributed by atoms with Gasteiger partial charge in [0.25, 0.3) is 0 Å². The molecule has 0 spiro atoms. The van der Waals surface area contributed by atoms with Crippen LogP contribution in [0.25, 0.3) is 22.4 Å². The molecule has 0 radical (unpaired) electrons. The summed E-state index contributed by atoms with van der Waals surface area (Å²) in [5, 5.41) is 9.66. The van der Waals surface area contributed by atoms with Gasteiger partial charge in [-0.25, -0.2) is 4.98 Å². The largest absolute Gasteiger partial charge is 0.494 e. The fourth-order valence-corrected chi connectivity index (χ4v) is 3.10. The van der Waals surface area contributed by atoms with Gasteiger partial charge in [-0.15, -0.1) is 0 Å². The fraction of sp³-hybridized carbons (Fsp3) is 0.217. The Bertz CT molecular complexity index is 984. The van der Waals surface area contributed by atoms with Gasteiger partial charge < -0.3 is 10.5 Å². The van der Waals surface area contributed by atoms with Crippen LogP contribution in [0.4, 0.5) is 5.82 Å². The summed E-state index contributed by atoms with van der Waals surface area (Å²) in [5.74, 6) is 1.07. The standard InChI is InChI=1S/C23H23N3O/c1-4-13-27-19-11-9-17(10-12-19)21-16(3)22(26-23(25)20(21)14-24)18-7-5-15(2)6-8-18/h5-12H,4,13H2,1-3H3,(H2,25,26). The third kappa shape index (κ3) is 3.78. The lowest BCUT2D eigenvalue weighted by atomic mass is 9.92. The highest BCUT2D eigenvalue weighted by molar-refractivity contribution is 5.84. The van der Waals surface area contributed by atoms with Crippen LogP contribution in [0.3, 0.4) is 0 Å². The van der Waals surface area contributed by atoms with Crippen molar-refractivity contribution in [3.63, 3.8) is 0 Å². The number of hydrogen-bond acceptors (Lipinski definition) is 4. The molecular weight excluding hydrogens is 334 g/mol. The first-order valence-corrected chi connectivity index (χ1v) is 9.05. The van der Waals surface area contributed by atoms with Gasteiger partial charge in [0.1, 0.15) is 23.2 Å². The van der Waals surface area contributed by atoms with E-state index in [1.807, 2.05) is 62.4 Å². The molecule has 3 aromatic rings. The molecule has 0 atom stereocenters. The normalized spacial score (nSPS) is 10.4. The molecule has 0 fully saturated rings. The number of nitrogens with zero attached hydrogens (tertiary/aromatic N) is 2. The third-order valence-electron chi connectivity index (χ3n) is 4.52. The van der Waals surface area contributed by atoms with Crippen LogP contribution in [-0.4, -0.2) is 11.6 Å². The van der Waals surface area contributed by atoms with Crippen molar-refractivity contribution in [1.82, 2.24) is 4.98 Å². The highest BCUT2D eigenvalue weighted by atomic mass is 16.5. The summed E-state index contributed by atoms with van der Waals surface area (Å²) in [6.45, 7) is 6.79. The van der Waals surface area contributed by atoms with Crippen LogP contribution in [0.1, 0.15) is 30.0 Å². The van der Waals surface area contributed by atoms with Gasteiger partial charge in [0, 0.05) is 11.1 Å². The summed E-state index contributed by atoms with van der Waals surface area (Å²) in [6.07, 6.45) is 0.959. The van der Waals surface area contributed by atoms with Gasteiger partial charge in [-0.2, -0.15) is 5.26 Å². The van der Waals surface area contributed by atoms with E-state index in [9.17, 15) is 5.26 Å². The Morgan fingerprint density at radius 2 is 1.63 bits per heavy atom. The van der Waals surface area contributed by atoms with Gasteiger partial charge in [-0.1, -0.05) is 48.9 Å². The zero-order chi connectivity index (χ0) is 19.4. The molecule has 0 amide bonds. The Labute approximate surface area is 160 Å². The molecule has 4 nitrogen and oxygen atoms in total. The minimum absolute atomic E-state index is 0.250. The summed E-state index contributed by atoms with van der Waals surface area (Å²) < 4.78 is 5.66. The average Bonchev–Trinajstić information content (AvgIpc) is 2.69. The van der Waals surface area contributed by atoms with Crippen LogP contribution >= 0.6 is 0 Å². The molecule has 1 heterocycles. The van der Waals surface area contributed by atoms with E-state index in [4.69, 9.17) is 10.5 Å². The zero-order valence-electron chi connectivity index (χ0n) is 15.9. The molecule has 136 valence electrons. The van der Waals surface area contributed by atoms with Crippen molar-refractivity contribution in [2.24, 2.45) is 0 Å². The second kappa shape index (κ2) is 7.92. The van der Waals surface area contributed by atoms with E-state index in [1.54, 1.807) is 0 Å². The number of pyridine rings is 1. The second-order valence-corrected chi connectivity index (χ2v) is 6.57. The Kier molecular flexibility index (Phi) is 5.42. The van der Waals surface area contributed by atoms with Crippen LogP contribution in [0.2, 0.25) is 0 Å². The zero-order valence-corrected chi connectivity index (χ0v) is 15.9. The number of hydrogen-bond donors (Lipinski definition) is 1. The molecule has 0 unspecified atom stereocenters. The molecule has 2 aromatic carbocycles. The maximum absolute atomic E-state index is 9.66. The van der Waals surface area contributed by atoms with Gasteiger partial charge in [-0.3, -0.25) is 0 Å². The monoisotopic (exact) mass is 357 g/mol. The van der Waals surface area contributed by atoms with Crippen LogP contribution < -0.4 is 10.5 Å². The molecule has 4 heteroatoms. The van der Waals surface area contributed by atoms with Crippen LogP contribution in [-0.2, 0) is 0 Å². The molecule has 3 rings (SSSR count). The summed E-state index contributed by atoms with van der Waals surface area (Å²) in [6, 6.07) is 18.2. The molecule has 0 saturated carbocycles. The number of aryl methyl sites for hydroxylation is 1.